The molecule has 2 fully saturated rings. The molecule has 0 spiro atoms. The molecule has 0 amide bonds. The molecule has 1 aliphatic heterocycles. The van der Waals surface area contributed by atoms with E-state index in [2.05, 4.69) is 17.1 Å². The van der Waals surface area contributed by atoms with Crippen LogP contribution in [0.15, 0.2) is 0 Å². The summed E-state index contributed by atoms with van der Waals surface area (Å²) in [5.74, 6) is 0. The summed E-state index contributed by atoms with van der Waals surface area (Å²) < 4.78 is 0. The second-order valence-electron chi connectivity index (χ2n) is 4.73. The third-order valence-corrected chi connectivity index (χ3v) is 3.70. The zero-order chi connectivity index (χ0) is 9.15. The highest BCUT2D eigenvalue weighted by Crippen LogP contribution is 2.49. The van der Waals surface area contributed by atoms with Gasteiger partial charge in [0.1, 0.15) is 0 Å². The minimum absolute atomic E-state index is 0.740. The second-order valence-corrected chi connectivity index (χ2v) is 4.73. The van der Waals surface area contributed by atoms with Crippen molar-refractivity contribution in [2.24, 2.45) is 5.41 Å². The van der Waals surface area contributed by atoms with Crippen molar-refractivity contribution in [2.45, 2.75) is 32.6 Å². The van der Waals surface area contributed by atoms with E-state index in [-0.39, 0.29) is 0 Å². The molecular formula is C11H22N2. The first-order valence-corrected chi connectivity index (χ1v) is 5.78. The number of hydrogen-bond acceptors (Lipinski definition) is 2. The number of rotatable bonds is 3. The fourth-order valence-corrected chi connectivity index (χ4v) is 2.33. The van der Waals surface area contributed by atoms with E-state index in [1.54, 1.807) is 0 Å². The van der Waals surface area contributed by atoms with Gasteiger partial charge in [0, 0.05) is 19.6 Å². The average molecular weight is 182 g/mol. The summed E-state index contributed by atoms with van der Waals surface area (Å²) in [5, 5.41) is 3.46. The molecule has 1 N–H and O–H groups in total. The van der Waals surface area contributed by atoms with Crippen LogP contribution in [0, 0.1) is 5.41 Å². The van der Waals surface area contributed by atoms with Gasteiger partial charge in [0.15, 0.2) is 0 Å². The predicted octanol–water partition coefficient (Wildman–Crippen LogP) is 1.47. The topological polar surface area (TPSA) is 15.3 Å². The molecule has 1 saturated carbocycles. The fourth-order valence-electron chi connectivity index (χ4n) is 2.33. The van der Waals surface area contributed by atoms with Gasteiger partial charge in [0.05, 0.1) is 0 Å². The van der Waals surface area contributed by atoms with Gasteiger partial charge in [-0.05, 0) is 44.2 Å². The van der Waals surface area contributed by atoms with E-state index in [0.29, 0.717) is 0 Å². The zero-order valence-corrected chi connectivity index (χ0v) is 8.81. The van der Waals surface area contributed by atoms with Gasteiger partial charge in [-0.2, -0.15) is 0 Å². The van der Waals surface area contributed by atoms with Crippen LogP contribution < -0.4 is 5.32 Å². The van der Waals surface area contributed by atoms with Crippen LogP contribution in [0.2, 0.25) is 0 Å². The largest absolute Gasteiger partial charge is 0.315 e. The first-order valence-electron chi connectivity index (χ1n) is 5.78. The summed E-state index contributed by atoms with van der Waals surface area (Å²) in [7, 11) is 0. The van der Waals surface area contributed by atoms with Crippen molar-refractivity contribution in [3.05, 3.63) is 0 Å². The van der Waals surface area contributed by atoms with Crippen LogP contribution in [0.4, 0.5) is 0 Å². The summed E-state index contributed by atoms with van der Waals surface area (Å²) >= 11 is 0. The Kier molecular flexibility index (Phi) is 2.89. The maximum atomic E-state index is 3.46. The van der Waals surface area contributed by atoms with Gasteiger partial charge in [0.25, 0.3) is 0 Å². The van der Waals surface area contributed by atoms with Crippen LogP contribution in [0.3, 0.4) is 0 Å². The summed E-state index contributed by atoms with van der Waals surface area (Å²) in [6.07, 6.45) is 5.68. The van der Waals surface area contributed by atoms with Crippen molar-refractivity contribution >= 4 is 0 Å². The molecule has 0 aromatic carbocycles. The van der Waals surface area contributed by atoms with Crippen LogP contribution in [0.1, 0.15) is 32.6 Å². The fraction of sp³-hybridized carbons (Fsp3) is 1.00. The molecule has 2 aliphatic rings. The summed E-state index contributed by atoms with van der Waals surface area (Å²) in [6, 6.07) is 0. The molecular weight excluding hydrogens is 160 g/mol. The highest BCUT2D eigenvalue weighted by molar-refractivity contribution is 4.94. The van der Waals surface area contributed by atoms with E-state index in [1.807, 2.05) is 0 Å². The highest BCUT2D eigenvalue weighted by atomic mass is 15.2. The molecule has 2 rings (SSSR count). The smallest absolute Gasteiger partial charge is 0.0107 e. The van der Waals surface area contributed by atoms with Crippen LogP contribution >= 0.6 is 0 Å². The van der Waals surface area contributed by atoms with E-state index in [1.165, 1.54) is 58.4 Å². The lowest BCUT2D eigenvalue weighted by Gasteiger charge is -2.24. The summed E-state index contributed by atoms with van der Waals surface area (Å²) in [4.78, 5) is 2.66. The lowest BCUT2D eigenvalue weighted by atomic mass is 10.0. The van der Waals surface area contributed by atoms with Crippen molar-refractivity contribution in [3.63, 3.8) is 0 Å². The van der Waals surface area contributed by atoms with Crippen LogP contribution in [-0.2, 0) is 0 Å². The molecule has 76 valence electrons. The Morgan fingerprint density at radius 1 is 1.23 bits per heavy atom. The monoisotopic (exact) mass is 182 g/mol. The van der Waals surface area contributed by atoms with E-state index in [9.17, 15) is 0 Å². The first kappa shape index (κ1) is 9.47. The SMILES string of the molecule is CCC1(CN2CCCNCC2)CC1. The van der Waals surface area contributed by atoms with Crippen molar-refractivity contribution in [1.29, 1.82) is 0 Å². The van der Waals surface area contributed by atoms with Gasteiger partial charge >= 0.3 is 0 Å². The van der Waals surface area contributed by atoms with E-state index >= 15 is 0 Å². The molecule has 0 unspecified atom stereocenters. The van der Waals surface area contributed by atoms with Gasteiger partial charge in [-0.1, -0.05) is 6.92 Å². The van der Waals surface area contributed by atoms with Crippen molar-refractivity contribution in [2.75, 3.05) is 32.7 Å². The van der Waals surface area contributed by atoms with Crippen LogP contribution in [0.5, 0.6) is 0 Å². The highest BCUT2D eigenvalue weighted by Gasteiger charge is 2.41. The van der Waals surface area contributed by atoms with Crippen molar-refractivity contribution in [3.8, 4) is 0 Å². The first-order chi connectivity index (χ1) is 6.35. The molecule has 2 nitrogen and oxygen atoms in total. The molecule has 0 atom stereocenters. The van der Waals surface area contributed by atoms with E-state index < -0.39 is 0 Å². The molecule has 2 heteroatoms. The predicted molar refractivity (Wildman–Crippen MR) is 55.9 cm³/mol. The van der Waals surface area contributed by atoms with Crippen molar-refractivity contribution in [1.82, 2.24) is 10.2 Å². The lowest BCUT2D eigenvalue weighted by molar-refractivity contribution is 0.228. The van der Waals surface area contributed by atoms with Crippen LogP contribution in [-0.4, -0.2) is 37.6 Å². The Morgan fingerprint density at radius 3 is 2.77 bits per heavy atom. The third-order valence-electron chi connectivity index (χ3n) is 3.70. The van der Waals surface area contributed by atoms with Gasteiger partial charge < -0.3 is 10.2 Å². The van der Waals surface area contributed by atoms with Gasteiger partial charge in [-0.25, -0.2) is 0 Å². The Bertz CT molecular complexity index is 155. The standard InChI is InChI=1S/C11H22N2/c1-2-11(4-5-11)10-13-8-3-6-12-7-9-13/h12H,2-10H2,1H3. The Morgan fingerprint density at radius 2 is 2.08 bits per heavy atom. The molecule has 1 saturated heterocycles. The number of nitrogens with one attached hydrogen (secondary N) is 1. The van der Waals surface area contributed by atoms with E-state index in [0.717, 1.165) is 5.41 Å². The maximum Gasteiger partial charge on any atom is 0.0107 e. The molecule has 13 heavy (non-hydrogen) atoms. The summed E-state index contributed by atoms with van der Waals surface area (Å²) in [5.41, 5.74) is 0.740. The molecule has 0 bridgehead atoms. The van der Waals surface area contributed by atoms with Crippen LogP contribution in [0.25, 0.3) is 0 Å². The zero-order valence-electron chi connectivity index (χ0n) is 8.81. The lowest BCUT2D eigenvalue weighted by Crippen LogP contribution is -2.33. The minimum atomic E-state index is 0.740. The van der Waals surface area contributed by atoms with Gasteiger partial charge in [0.2, 0.25) is 0 Å². The average Bonchev–Trinajstić information content (AvgIpc) is 2.92. The second kappa shape index (κ2) is 3.97. The minimum Gasteiger partial charge on any atom is -0.315 e. The normalized spacial score (nSPS) is 28.4. The molecule has 0 radical (unpaired) electrons. The number of hydrogen-bond donors (Lipinski definition) is 1. The van der Waals surface area contributed by atoms with Gasteiger partial charge in [-0.3, -0.25) is 0 Å². The maximum absolute atomic E-state index is 3.46. The Hall–Kier alpha value is -0.0800. The van der Waals surface area contributed by atoms with E-state index in [4.69, 9.17) is 0 Å². The molecule has 1 aliphatic carbocycles. The molecule has 0 aromatic heterocycles. The van der Waals surface area contributed by atoms with Crippen molar-refractivity contribution < 1.29 is 0 Å². The number of nitrogens with zero attached hydrogens (tertiary/aromatic N) is 1. The Balaban J connectivity index is 1.79. The summed E-state index contributed by atoms with van der Waals surface area (Å²) in [6.45, 7) is 8.71. The van der Waals surface area contributed by atoms with Gasteiger partial charge in [-0.15, -0.1) is 0 Å². The molecule has 1 heterocycles. The quantitative estimate of drug-likeness (QED) is 0.711. The third kappa shape index (κ3) is 2.44. The Labute approximate surface area is 81.7 Å². The molecule has 0 aromatic rings.